The summed E-state index contributed by atoms with van der Waals surface area (Å²) in [6.07, 6.45) is 1.37. The van der Waals surface area contributed by atoms with E-state index in [2.05, 4.69) is 25.3 Å². The third kappa shape index (κ3) is 1.74. The van der Waals surface area contributed by atoms with Crippen LogP contribution in [-0.2, 0) is 13.1 Å². The molecule has 0 saturated heterocycles. The smallest absolute Gasteiger partial charge is 0.256 e. The van der Waals surface area contributed by atoms with Crippen LogP contribution in [0, 0.1) is 0 Å². The number of H-pyrrole nitrogens is 1. The molecule has 1 aliphatic rings. The number of methoxy groups -OCH3 is 1. The molecule has 0 atom stereocenters. The van der Waals surface area contributed by atoms with Crippen molar-refractivity contribution < 1.29 is 4.74 Å². The van der Waals surface area contributed by atoms with Crippen molar-refractivity contribution in [2.75, 3.05) is 7.11 Å². The Morgan fingerprint density at radius 1 is 1.33 bits per heavy atom. The van der Waals surface area contributed by atoms with E-state index in [4.69, 9.17) is 4.74 Å². The molecule has 0 radical (unpaired) electrons. The minimum atomic E-state index is -0.127. The fraction of sp³-hybridized carbons (Fsp3) is 0.273. The molecule has 0 aromatic carbocycles. The Labute approximate surface area is 102 Å². The fourth-order valence-electron chi connectivity index (χ4n) is 1.88. The van der Waals surface area contributed by atoms with Crippen molar-refractivity contribution >= 4 is 0 Å². The first-order valence-electron chi connectivity index (χ1n) is 5.47. The maximum Gasteiger partial charge on any atom is 0.256 e. The molecular weight excluding hydrogens is 234 g/mol. The molecule has 0 saturated carbocycles. The van der Waals surface area contributed by atoms with Crippen LogP contribution in [0.4, 0.5) is 0 Å². The standard InChI is InChI=1S/C11H11N5O2/c1-18-9-2-7(13-5-14-9)10-15-8-4-12-3-6(8)11(17)16-10/h2,5,12H,3-4H2,1H3,(H,15,16,17). The third-order valence-electron chi connectivity index (χ3n) is 2.79. The van der Waals surface area contributed by atoms with Gasteiger partial charge < -0.3 is 15.0 Å². The number of fused-ring (bicyclic) bond motifs is 1. The molecule has 2 N–H and O–H groups in total. The van der Waals surface area contributed by atoms with E-state index in [1.54, 1.807) is 6.07 Å². The molecule has 3 rings (SSSR count). The maximum atomic E-state index is 11.8. The van der Waals surface area contributed by atoms with Gasteiger partial charge in [0.15, 0.2) is 5.82 Å². The quantitative estimate of drug-likeness (QED) is 0.763. The summed E-state index contributed by atoms with van der Waals surface area (Å²) in [6, 6.07) is 1.63. The first-order valence-corrected chi connectivity index (χ1v) is 5.47. The molecule has 0 spiro atoms. The Hall–Kier alpha value is -2.28. The van der Waals surface area contributed by atoms with Gasteiger partial charge in [-0.3, -0.25) is 4.79 Å². The number of aromatic amines is 1. The van der Waals surface area contributed by atoms with Crippen molar-refractivity contribution in [3.8, 4) is 17.4 Å². The monoisotopic (exact) mass is 245 g/mol. The van der Waals surface area contributed by atoms with Crippen LogP contribution in [0.15, 0.2) is 17.2 Å². The van der Waals surface area contributed by atoms with E-state index >= 15 is 0 Å². The zero-order chi connectivity index (χ0) is 12.5. The van der Waals surface area contributed by atoms with E-state index in [-0.39, 0.29) is 5.56 Å². The summed E-state index contributed by atoms with van der Waals surface area (Å²) >= 11 is 0. The highest BCUT2D eigenvalue weighted by molar-refractivity contribution is 5.50. The molecule has 2 aromatic heterocycles. The number of hydrogen-bond acceptors (Lipinski definition) is 6. The van der Waals surface area contributed by atoms with Crippen LogP contribution >= 0.6 is 0 Å². The zero-order valence-corrected chi connectivity index (χ0v) is 9.73. The van der Waals surface area contributed by atoms with Crippen molar-refractivity contribution in [2.45, 2.75) is 13.1 Å². The molecule has 7 heteroatoms. The number of hydrogen-bond donors (Lipinski definition) is 2. The molecule has 0 bridgehead atoms. The van der Waals surface area contributed by atoms with Crippen LogP contribution < -0.4 is 15.6 Å². The van der Waals surface area contributed by atoms with Crippen molar-refractivity contribution in [3.05, 3.63) is 34.0 Å². The lowest BCUT2D eigenvalue weighted by atomic mass is 10.2. The molecule has 2 aromatic rings. The van der Waals surface area contributed by atoms with Crippen LogP contribution in [-0.4, -0.2) is 27.0 Å². The molecule has 18 heavy (non-hydrogen) atoms. The molecule has 92 valence electrons. The molecule has 7 nitrogen and oxygen atoms in total. The van der Waals surface area contributed by atoms with Crippen LogP contribution in [0.2, 0.25) is 0 Å². The predicted octanol–water partition coefficient (Wildman–Crippen LogP) is -0.161. The van der Waals surface area contributed by atoms with E-state index in [1.165, 1.54) is 13.4 Å². The first-order chi connectivity index (χ1) is 8.78. The van der Waals surface area contributed by atoms with Gasteiger partial charge in [-0.1, -0.05) is 0 Å². The Balaban J connectivity index is 2.12. The highest BCUT2D eigenvalue weighted by atomic mass is 16.5. The van der Waals surface area contributed by atoms with E-state index in [1.807, 2.05) is 0 Å². The average molecular weight is 245 g/mol. The summed E-state index contributed by atoms with van der Waals surface area (Å²) in [5, 5.41) is 3.09. The topological polar surface area (TPSA) is 92.8 Å². The number of aromatic nitrogens is 4. The average Bonchev–Trinajstić information content (AvgIpc) is 2.87. The summed E-state index contributed by atoms with van der Waals surface area (Å²) in [6.45, 7) is 1.17. The molecule has 0 aliphatic carbocycles. The van der Waals surface area contributed by atoms with Gasteiger partial charge in [0.2, 0.25) is 5.88 Å². The lowest BCUT2D eigenvalue weighted by molar-refractivity contribution is 0.397. The lowest BCUT2D eigenvalue weighted by Gasteiger charge is -2.04. The fourth-order valence-corrected chi connectivity index (χ4v) is 1.88. The van der Waals surface area contributed by atoms with Crippen LogP contribution in [0.1, 0.15) is 11.3 Å². The number of rotatable bonds is 2. The summed E-state index contributed by atoms with van der Waals surface area (Å²) in [7, 11) is 1.52. The van der Waals surface area contributed by atoms with E-state index in [9.17, 15) is 4.79 Å². The molecular formula is C11H11N5O2. The first kappa shape index (κ1) is 10.8. The SMILES string of the molecule is COc1cc(-c2nc3c(c(=O)[nH]2)CNC3)ncn1. The second-order valence-electron chi connectivity index (χ2n) is 3.89. The highest BCUT2D eigenvalue weighted by Gasteiger charge is 2.17. The van der Waals surface area contributed by atoms with Gasteiger partial charge in [-0.05, 0) is 0 Å². The summed E-state index contributed by atoms with van der Waals surface area (Å²) in [4.78, 5) is 27.0. The Morgan fingerprint density at radius 2 is 2.22 bits per heavy atom. The Bertz CT molecular complexity index is 652. The van der Waals surface area contributed by atoms with Gasteiger partial charge in [-0.25, -0.2) is 15.0 Å². The summed E-state index contributed by atoms with van der Waals surface area (Å²) < 4.78 is 5.02. The van der Waals surface area contributed by atoms with E-state index in [0.717, 1.165) is 5.69 Å². The largest absolute Gasteiger partial charge is 0.481 e. The number of nitrogens with zero attached hydrogens (tertiary/aromatic N) is 3. The van der Waals surface area contributed by atoms with Gasteiger partial charge in [0.1, 0.15) is 12.0 Å². The lowest BCUT2D eigenvalue weighted by Crippen LogP contribution is -2.16. The number of ether oxygens (including phenoxy) is 1. The predicted molar refractivity (Wildman–Crippen MR) is 63.0 cm³/mol. The number of nitrogens with one attached hydrogen (secondary N) is 2. The molecule has 1 aliphatic heterocycles. The van der Waals surface area contributed by atoms with Crippen molar-refractivity contribution in [2.24, 2.45) is 0 Å². The molecule has 0 amide bonds. The van der Waals surface area contributed by atoms with E-state index in [0.29, 0.717) is 36.1 Å². The maximum absolute atomic E-state index is 11.8. The van der Waals surface area contributed by atoms with Crippen LogP contribution in [0.3, 0.4) is 0 Å². The second kappa shape index (κ2) is 4.19. The van der Waals surface area contributed by atoms with Crippen molar-refractivity contribution in [1.29, 1.82) is 0 Å². The van der Waals surface area contributed by atoms with E-state index < -0.39 is 0 Å². The van der Waals surface area contributed by atoms with Crippen LogP contribution in [0.5, 0.6) is 5.88 Å². The molecule has 3 heterocycles. The highest BCUT2D eigenvalue weighted by Crippen LogP contribution is 2.17. The molecule has 0 fully saturated rings. The third-order valence-corrected chi connectivity index (χ3v) is 2.79. The van der Waals surface area contributed by atoms with Gasteiger partial charge >= 0.3 is 0 Å². The summed E-state index contributed by atoms with van der Waals surface area (Å²) in [5.41, 5.74) is 1.87. The van der Waals surface area contributed by atoms with Gasteiger partial charge in [-0.15, -0.1) is 0 Å². The Kier molecular flexibility index (Phi) is 2.52. The van der Waals surface area contributed by atoms with Gasteiger partial charge in [-0.2, -0.15) is 0 Å². The van der Waals surface area contributed by atoms with Crippen molar-refractivity contribution in [1.82, 2.24) is 25.3 Å². The zero-order valence-electron chi connectivity index (χ0n) is 9.73. The minimum Gasteiger partial charge on any atom is -0.481 e. The molecule has 0 unspecified atom stereocenters. The summed E-state index contributed by atoms with van der Waals surface area (Å²) in [5.74, 6) is 0.865. The Morgan fingerprint density at radius 3 is 3.06 bits per heavy atom. The van der Waals surface area contributed by atoms with Gasteiger partial charge in [0.05, 0.1) is 18.4 Å². The minimum absolute atomic E-state index is 0.127. The van der Waals surface area contributed by atoms with Gasteiger partial charge in [0.25, 0.3) is 5.56 Å². The van der Waals surface area contributed by atoms with Crippen molar-refractivity contribution in [3.63, 3.8) is 0 Å². The van der Waals surface area contributed by atoms with Gasteiger partial charge in [0, 0.05) is 19.2 Å². The normalized spacial score (nSPS) is 13.4. The second-order valence-corrected chi connectivity index (χ2v) is 3.89. The van der Waals surface area contributed by atoms with Crippen LogP contribution in [0.25, 0.3) is 11.5 Å².